The zero-order chi connectivity index (χ0) is 13.8. The molecule has 0 aliphatic rings. The van der Waals surface area contributed by atoms with Gasteiger partial charge in [-0.2, -0.15) is 0 Å². The fourth-order valence-corrected chi connectivity index (χ4v) is 2.75. The number of aliphatic hydroxyl groups is 1. The minimum Gasteiger partial charge on any atom is -0.392 e. The molecule has 1 aromatic heterocycles. The molecule has 5 heteroatoms. The quantitative estimate of drug-likeness (QED) is 0.881. The van der Waals surface area contributed by atoms with E-state index >= 15 is 0 Å². The first-order valence-corrected chi connectivity index (χ1v) is 7.31. The SMILES string of the molecule is OC(Cc1cncc(Br)c1)Cc1ccc(Cl)cc1Cl. The van der Waals surface area contributed by atoms with Crippen LogP contribution in [0.25, 0.3) is 0 Å². The van der Waals surface area contributed by atoms with Gasteiger partial charge < -0.3 is 5.11 Å². The van der Waals surface area contributed by atoms with Crippen molar-refractivity contribution in [2.45, 2.75) is 18.9 Å². The molecule has 1 aromatic carbocycles. The topological polar surface area (TPSA) is 33.1 Å². The summed E-state index contributed by atoms with van der Waals surface area (Å²) in [5, 5.41) is 11.3. The number of halogens is 3. The van der Waals surface area contributed by atoms with E-state index in [1.807, 2.05) is 12.1 Å². The second kappa shape index (κ2) is 6.71. The molecule has 19 heavy (non-hydrogen) atoms. The Bertz CT molecular complexity index is 577. The largest absolute Gasteiger partial charge is 0.392 e. The molecular formula is C14H12BrCl2NO. The number of benzene rings is 1. The third-order valence-electron chi connectivity index (χ3n) is 2.70. The molecule has 1 unspecified atom stereocenters. The van der Waals surface area contributed by atoms with Crippen LogP contribution < -0.4 is 0 Å². The highest BCUT2D eigenvalue weighted by Gasteiger charge is 2.10. The van der Waals surface area contributed by atoms with Crippen molar-refractivity contribution in [1.82, 2.24) is 4.98 Å². The van der Waals surface area contributed by atoms with Crippen LogP contribution in [0.2, 0.25) is 10.0 Å². The maximum Gasteiger partial charge on any atom is 0.0621 e. The average Bonchev–Trinajstić information content (AvgIpc) is 2.33. The molecule has 2 nitrogen and oxygen atoms in total. The lowest BCUT2D eigenvalue weighted by molar-refractivity contribution is 0.175. The van der Waals surface area contributed by atoms with Crippen LogP contribution in [0.3, 0.4) is 0 Å². The maximum absolute atomic E-state index is 10.1. The van der Waals surface area contributed by atoms with Crippen LogP contribution in [-0.2, 0) is 12.8 Å². The number of nitrogens with zero attached hydrogens (tertiary/aromatic N) is 1. The third-order valence-corrected chi connectivity index (χ3v) is 3.72. The Hall–Kier alpha value is -0.610. The van der Waals surface area contributed by atoms with E-state index in [2.05, 4.69) is 20.9 Å². The first-order valence-electron chi connectivity index (χ1n) is 5.76. The number of hydrogen-bond acceptors (Lipinski definition) is 2. The highest BCUT2D eigenvalue weighted by Crippen LogP contribution is 2.23. The first-order chi connectivity index (χ1) is 9.04. The van der Waals surface area contributed by atoms with Crippen LogP contribution >= 0.6 is 39.1 Å². The van der Waals surface area contributed by atoms with Gasteiger partial charge >= 0.3 is 0 Å². The molecular weight excluding hydrogens is 349 g/mol. The van der Waals surface area contributed by atoms with Crippen molar-refractivity contribution in [1.29, 1.82) is 0 Å². The average molecular weight is 361 g/mol. The number of hydrogen-bond donors (Lipinski definition) is 1. The molecule has 0 radical (unpaired) electrons. The molecule has 0 spiro atoms. The van der Waals surface area contributed by atoms with E-state index in [0.717, 1.165) is 15.6 Å². The van der Waals surface area contributed by atoms with Crippen molar-refractivity contribution >= 4 is 39.1 Å². The second-order valence-corrected chi connectivity index (χ2v) is 6.07. The van der Waals surface area contributed by atoms with E-state index in [-0.39, 0.29) is 0 Å². The van der Waals surface area contributed by atoms with E-state index < -0.39 is 6.10 Å². The van der Waals surface area contributed by atoms with Crippen LogP contribution in [0, 0.1) is 0 Å². The van der Waals surface area contributed by atoms with Gasteiger partial charge in [-0.05, 0) is 45.3 Å². The molecule has 100 valence electrons. The second-order valence-electron chi connectivity index (χ2n) is 4.31. The molecule has 0 amide bonds. The smallest absolute Gasteiger partial charge is 0.0621 e. The van der Waals surface area contributed by atoms with Gasteiger partial charge in [0, 0.05) is 39.8 Å². The Labute approximate surface area is 130 Å². The summed E-state index contributed by atoms with van der Waals surface area (Å²) in [6.07, 6.45) is 3.98. The zero-order valence-electron chi connectivity index (χ0n) is 9.98. The molecule has 2 aromatic rings. The molecule has 0 aliphatic carbocycles. The van der Waals surface area contributed by atoms with Gasteiger partial charge in [-0.3, -0.25) is 4.98 Å². The fourth-order valence-electron chi connectivity index (χ4n) is 1.85. The maximum atomic E-state index is 10.1. The lowest BCUT2D eigenvalue weighted by Crippen LogP contribution is -2.14. The van der Waals surface area contributed by atoms with Gasteiger partial charge in [-0.15, -0.1) is 0 Å². The van der Waals surface area contributed by atoms with Gasteiger partial charge in [0.15, 0.2) is 0 Å². The predicted molar refractivity (Wildman–Crippen MR) is 81.8 cm³/mol. The lowest BCUT2D eigenvalue weighted by Gasteiger charge is -2.12. The molecule has 0 aliphatic heterocycles. The molecule has 1 atom stereocenters. The van der Waals surface area contributed by atoms with Crippen molar-refractivity contribution in [2.75, 3.05) is 0 Å². The summed E-state index contributed by atoms with van der Waals surface area (Å²) in [5.41, 5.74) is 1.87. The molecule has 1 heterocycles. The molecule has 0 saturated carbocycles. The van der Waals surface area contributed by atoms with Crippen molar-refractivity contribution in [3.8, 4) is 0 Å². The van der Waals surface area contributed by atoms with Gasteiger partial charge in [-0.25, -0.2) is 0 Å². The Balaban J connectivity index is 2.03. The van der Waals surface area contributed by atoms with E-state index in [9.17, 15) is 5.11 Å². The summed E-state index contributed by atoms with van der Waals surface area (Å²) >= 11 is 15.3. The summed E-state index contributed by atoms with van der Waals surface area (Å²) < 4.78 is 0.904. The van der Waals surface area contributed by atoms with Crippen molar-refractivity contribution in [3.63, 3.8) is 0 Å². The highest BCUT2D eigenvalue weighted by molar-refractivity contribution is 9.10. The summed E-state index contributed by atoms with van der Waals surface area (Å²) in [5.74, 6) is 0. The van der Waals surface area contributed by atoms with Gasteiger partial charge in [-0.1, -0.05) is 29.3 Å². The van der Waals surface area contributed by atoms with Crippen molar-refractivity contribution < 1.29 is 5.11 Å². The van der Waals surface area contributed by atoms with Crippen LogP contribution in [-0.4, -0.2) is 16.2 Å². The predicted octanol–water partition coefficient (Wildman–Crippen LogP) is 4.30. The lowest BCUT2D eigenvalue weighted by atomic mass is 10.0. The van der Waals surface area contributed by atoms with Crippen LogP contribution in [0.1, 0.15) is 11.1 Å². The molecule has 0 saturated heterocycles. The molecule has 2 rings (SSSR count). The Morgan fingerprint density at radius 1 is 1.16 bits per heavy atom. The van der Waals surface area contributed by atoms with Crippen LogP contribution in [0.4, 0.5) is 0 Å². The number of aromatic nitrogens is 1. The minimum atomic E-state index is -0.505. The summed E-state index contributed by atoms with van der Waals surface area (Å²) in [6.45, 7) is 0. The number of rotatable bonds is 4. The summed E-state index contributed by atoms with van der Waals surface area (Å²) in [7, 11) is 0. The Kier molecular flexibility index (Phi) is 5.22. The van der Waals surface area contributed by atoms with E-state index in [0.29, 0.717) is 22.9 Å². The fraction of sp³-hybridized carbons (Fsp3) is 0.214. The third kappa shape index (κ3) is 4.46. The Morgan fingerprint density at radius 2 is 1.95 bits per heavy atom. The van der Waals surface area contributed by atoms with Crippen molar-refractivity contribution in [3.05, 3.63) is 62.3 Å². The molecule has 0 fully saturated rings. The van der Waals surface area contributed by atoms with Crippen LogP contribution in [0.5, 0.6) is 0 Å². The van der Waals surface area contributed by atoms with Gasteiger partial charge in [0.05, 0.1) is 6.10 Å². The standard InChI is InChI=1S/C14H12BrCl2NO/c15-11-3-9(7-18-8-11)4-13(19)5-10-1-2-12(16)6-14(10)17/h1-3,6-8,13,19H,4-5H2. The van der Waals surface area contributed by atoms with Crippen molar-refractivity contribution in [2.24, 2.45) is 0 Å². The zero-order valence-corrected chi connectivity index (χ0v) is 13.1. The Morgan fingerprint density at radius 3 is 2.63 bits per heavy atom. The summed E-state index contributed by atoms with van der Waals surface area (Å²) in [6, 6.07) is 7.24. The highest BCUT2D eigenvalue weighted by atomic mass is 79.9. The molecule has 1 N–H and O–H groups in total. The van der Waals surface area contributed by atoms with E-state index in [4.69, 9.17) is 23.2 Å². The van der Waals surface area contributed by atoms with Gasteiger partial charge in [0.1, 0.15) is 0 Å². The summed E-state index contributed by atoms with van der Waals surface area (Å²) in [4.78, 5) is 4.07. The van der Waals surface area contributed by atoms with Gasteiger partial charge in [0.2, 0.25) is 0 Å². The van der Waals surface area contributed by atoms with E-state index in [1.165, 1.54) is 0 Å². The number of aliphatic hydroxyl groups excluding tert-OH is 1. The minimum absolute atomic E-state index is 0.489. The van der Waals surface area contributed by atoms with E-state index in [1.54, 1.807) is 24.5 Å². The normalized spacial score (nSPS) is 12.4. The van der Waals surface area contributed by atoms with Gasteiger partial charge in [0.25, 0.3) is 0 Å². The van der Waals surface area contributed by atoms with Crippen LogP contribution in [0.15, 0.2) is 41.1 Å². The first kappa shape index (κ1) is 14.8. The number of pyridine rings is 1. The molecule has 0 bridgehead atoms. The monoisotopic (exact) mass is 359 g/mol.